The second kappa shape index (κ2) is 4.02. The maximum absolute atomic E-state index is 6.97. The average molecular weight is 197 g/mol. The normalized spacial score (nSPS) is 14.0. The van der Waals surface area contributed by atoms with Crippen molar-refractivity contribution in [1.29, 1.82) is 0 Å². The SMILES string of the molecule is [C-]#[N+]c1ccc(NCC2CC2)cc1[N+]#[C-]. The lowest BCUT2D eigenvalue weighted by molar-refractivity contribution is 0.889. The predicted octanol–water partition coefficient (Wildman–Crippen LogP) is 3.61. The largest absolute Gasteiger partial charge is 0.386 e. The van der Waals surface area contributed by atoms with Gasteiger partial charge in [-0.3, -0.25) is 9.69 Å². The Balaban J connectivity index is 2.12. The number of hydrogen-bond acceptors (Lipinski definition) is 1. The molecule has 0 heterocycles. The molecule has 74 valence electrons. The van der Waals surface area contributed by atoms with Crippen LogP contribution in [0.3, 0.4) is 0 Å². The number of nitrogens with one attached hydrogen (secondary N) is 1. The van der Waals surface area contributed by atoms with Crippen LogP contribution in [-0.4, -0.2) is 6.54 Å². The number of hydrogen-bond donors (Lipinski definition) is 1. The summed E-state index contributed by atoms with van der Waals surface area (Å²) in [5.41, 5.74) is 1.81. The van der Waals surface area contributed by atoms with Gasteiger partial charge in [-0.1, -0.05) is 12.1 Å². The molecule has 0 amide bonds. The minimum absolute atomic E-state index is 0.432. The first-order valence-corrected chi connectivity index (χ1v) is 4.96. The highest BCUT2D eigenvalue weighted by atomic mass is 14.9. The van der Waals surface area contributed by atoms with E-state index >= 15 is 0 Å². The van der Waals surface area contributed by atoms with Crippen molar-refractivity contribution in [1.82, 2.24) is 0 Å². The van der Waals surface area contributed by atoms with E-state index in [1.54, 1.807) is 12.1 Å². The minimum atomic E-state index is 0.432. The Morgan fingerprint density at radius 1 is 1.20 bits per heavy atom. The van der Waals surface area contributed by atoms with Gasteiger partial charge in [0.05, 0.1) is 13.1 Å². The fraction of sp³-hybridized carbons (Fsp3) is 0.333. The number of nitrogens with zero attached hydrogens (tertiary/aromatic N) is 2. The summed E-state index contributed by atoms with van der Waals surface area (Å²) >= 11 is 0. The van der Waals surface area contributed by atoms with E-state index in [9.17, 15) is 0 Å². The highest BCUT2D eigenvalue weighted by molar-refractivity contribution is 5.75. The Labute approximate surface area is 89.4 Å². The molecule has 1 saturated carbocycles. The molecule has 1 aromatic rings. The first-order chi connectivity index (χ1) is 7.33. The van der Waals surface area contributed by atoms with E-state index in [1.807, 2.05) is 6.07 Å². The van der Waals surface area contributed by atoms with Crippen molar-refractivity contribution in [3.63, 3.8) is 0 Å². The molecule has 15 heavy (non-hydrogen) atoms. The molecule has 0 radical (unpaired) electrons. The van der Waals surface area contributed by atoms with E-state index in [-0.39, 0.29) is 0 Å². The smallest absolute Gasteiger partial charge is 0.196 e. The van der Waals surface area contributed by atoms with Crippen LogP contribution in [0.1, 0.15) is 12.8 Å². The third kappa shape index (κ3) is 2.27. The first-order valence-electron chi connectivity index (χ1n) is 4.96. The molecule has 1 N–H and O–H groups in total. The monoisotopic (exact) mass is 197 g/mol. The van der Waals surface area contributed by atoms with Crippen LogP contribution in [0.25, 0.3) is 9.69 Å². The molecule has 0 unspecified atom stereocenters. The second-order valence-corrected chi connectivity index (χ2v) is 3.75. The minimum Gasteiger partial charge on any atom is -0.386 e. The Morgan fingerprint density at radius 2 is 1.93 bits per heavy atom. The molecular weight excluding hydrogens is 186 g/mol. The lowest BCUT2D eigenvalue weighted by Crippen LogP contribution is -2.02. The molecule has 0 bridgehead atoms. The molecule has 1 aliphatic rings. The number of benzene rings is 1. The Morgan fingerprint density at radius 3 is 2.53 bits per heavy atom. The van der Waals surface area contributed by atoms with E-state index < -0.39 is 0 Å². The molecule has 0 aliphatic heterocycles. The summed E-state index contributed by atoms with van der Waals surface area (Å²) in [4.78, 5) is 6.64. The van der Waals surface area contributed by atoms with Crippen LogP contribution in [0.5, 0.6) is 0 Å². The number of rotatable bonds is 3. The van der Waals surface area contributed by atoms with Crippen molar-refractivity contribution < 1.29 is 0 Å². The number of anilines is 1. The molecule has 2 rings (SSSR count). The zero-order chi connectivity index (χ0) is 10.7. The Bertz CT molecular complexity index is 447. The molecule has 1 aliphatic carbocycles. The van der Waals surface area contributed by atoms with Crippen molar-refractivity contribution in [3.8, 4) is 0 Å². The van der Waals surface area contributed by atoms with Crippen molar-refractivity contribution in [3.05, 3.63) is 41.0 Å². The summed E-state index contributed by atoms with van der Waals surface area (Å²) in [5, 5.41) is 3.29. The summed E-state index contributed by atoms with van der Waals surface area (Å²) in [5.74, 6) is 0.807. The van der Waals surface area contributed by atoms with Crippen molar-refractivity contribution >= 4 is 17.1 Å². The van der Waals surface area contributed by atoms with Crippen molar-refractivity contribution in [2.45, 2.75) is 12.8 Å². The van der Waals surface area contributed by atoms with Crippen LogP contribution >= 0.6 is 0 Å². The van der Waals surface area contributed by atoms with Gasteiger partial charge in [0.1, 0.15) is 0 Å². The highest BCUT2D eigenvalue weighted by Gasteiger charge is 2.20. The van der Waals surface area contributed by atoms with Crippen molar-refractivity contribution in [2.75, 3.05) is 11.9 Å². The Hall–Kier alpha value is -2.00. The van der Waals surface area contributed by atoms with Gasteiger partial charge in [-0.15, -0.1) is 0 Å². The van der Waals surface area contributed by atoms with E-state index in [2.05, 4.69) is 15.0 Å². The third-order valence-electron chi connectivity index (χ3n) is 2.51. The zero-order valence-corrected chi connectivity index (χ0v) is 8.33. The fourth-order valence-electron chi connectivity index (χ4n) is 1.40. The average Bonchev–Trinajstić information content (AvgIpc) is 3.09. The van der Waals surface area contributed by atoms with Crippen LogP contribution in [0.2, 0.25) is 0 Å². The molecule has 3 nitrogen and oxygen atoms in total. The lowest BCUT2D eigenvalue weighted by Gasteiger charge is -2.06. The van der Waals surface area contributed by atoms with Gasteiger partial charge < -0.3 is 5.32 Å². The zero-order valence-electron chi connectivity index (χ0n) is 8.33. The standard InChI is InChI=1S/C12H11N3/c1-13-11-6-5-10(7-12(11)14-2)15-8-9-3-4-9/h5-7,9,15H,3-4,8H2. The second-order valence-electron chi connectivity index (χ2n) is 3.75. The summed E-state index contributed by atoms with van der Waals surface area (Å²) in [6.45, 7) is 14.8. The first kappa shape index (κ1) is 9.55. The van der Waals surface area contributed by atoms with Crippen molar-refractivity contribution in [2.24, 2.45) is 5.92 Å². The molecular formula is C12H11N3. The predicted molar refractivity (Wildman–Crippen MR) is 60.2 cm³/mol. The maximum atomic E-state index is 6.97. The highest BCUT2D eigenvalue weighted by Crippen LogP contribution is 2.32. The topological polar surface area (TPSA) is 20.8 Å². The van der Waals surface area contributed by atoms with Gasteiger partial charge >= 0.3 is 0 Å². The van der Waals surface area contributed by atoms with Gasteiger partial charge in [0.25, 0.3) is 0 Å². The van der Waals surface area contributed by atoms with E-state index in [4.69, 9.17) is 13.1 Å². The van der Waals surface area contributed by atoms with E-state index in [0.717, 1.165) is 18.2 Å². The molecule has 0 spiro atoms. The van der Waals surface area contributed by atoms with Crippen LogP contribution in [0, 0.1) is 19.1 Å². The molecule has 0 atom stereocenters. The van der Waals surface area contributed by atoms with Gasteiger partial charge in [0.2, 0.25) is 0 Å². The van der Waals surface area contributed by atoms with E-state index in [1.165, 1.54) is 12.8 Å². The van der Waals surface area contributed by atoms with Gasteiger partial charge in [-0.25, -0.2) is 0 Å². The Kier molecular flexibility index (Phi) is 2.56. The van der Waals surface area contributed by atoms with Crippen LogP contribution in [-0.2, 0) is 0 Å². The maximum Gasteiger partial charge on any atom is 0.196 e. The van der Waals surface area contributed by atoms with Gasteiger partial charge in [0, 0.05) is 12.2 Å². The molecule has 0 aromatic heterocycles. The summed E-state index contributed by atoms with van der Waals surface area (Å²) in [7, 11) is 0. The summed E-state index contributed by atoms with van der Waals surface area (Å²) in [6, 6.07) is 5.32. The molecule has 0 saturated heterocycles. The van der Waals surface area contributed by atoms with Gasteiger partial charge in [-0.2, -0.15) is 0 Å². The summed E-state index contributed by atoms with van der Waals surface area (Å²) in [6.07, 6.45) is 2.62. The van der Waals surface area contributed by atoms with Crippen LogP contribution in [0.15, 0.2) is 18.2 Å². The fourth-order valence-corrected chi connectivity index (χ4v) is 1.40. The summed E-state index contributed by atoms with van der Waals surface area (Å²) < 4.78 is 0. The molecule has 1 aromatic carbocycles. The molecule has 3 heteroatoms. The van der Waals surface area contributed by atoms with Gasteiger partial charge in [0.15, 0.2) is 11.4 Å². The van der Waals surface area contributed by atoms with Gasteiger partial charge in [-0.05, 0) is 24.8 Å². The van der Waals surface area contributed by atoms with Crippen LogP contribution < -0.4 is 5.32 Å². The quantitative estimate of drug-likeness (QED) is 0.734. The van der Waals surface area contributed by atoms with E-state index in [0.29, 0.717) is 11.4 Å². The lowest BCUT2D eigenvalue weighted by atomic mass is 10.2. The third-order valence-corrected chi connectivity index (χ3v) is 2.51. The molecule has 1 fully saturated rings. The van der Waals surface area contributed by atoms with Crippen LogP contribution in [0.4, 0.5) is 17.1 Å².